The zero-order valence-corrected chi connectivity index (χ0v) is 13.4. The summed E-state index contributed by atoms with van der Waals surface area (Å²) in [6, 6.07) is 4.82. The monoisotopic (exact) mass is 324 g/mol. The van der Waals surface area contributed by atoms with Crippen molar-refractivity contribution in [3.05, 3.63) is 33.8 Å². The largest absolute Gasteiger partial charge is 0.340 e. The Morgan fingerprint density at radius 2 is 1.84 bits per heavy atom. The zero-order chi connectivity index (χ0) is 13.7. The number of amides is 1. The van der Waals surface area contributed by atoms with E-state index >= 15 is 0 Å². The molecule has 0 saturated heterocycles. The van der Waals surface area contributed by atoms with Gasteiger partial charge in [0.2, 0.25) is 5.91 Å². The maximum atomic E-state index is 11.9. The molecule has 0 aliphatic carbocycles. The molecule has 1 aromatic carbocycles. The Hall–Kier alpha value is -0.480. The smallest absolute Gasteiger partial charge is 0.239 e. The number of halogens is 3. The highest BCUT2D eigenvalue weighted by Crippen LogP contribution is 2.20. The molecule has 1 atom stereocenters. The third-order valence-corrected chi connectivity index (χ3v) is 3.07. The fourth-order valence-corrected chi connectivity index (χ4v) is 2.34. The van der Waals surface area contributed by atoms with Crippen molar-refractivity contribution in [2.45, 2.75) is 32.4 Å². The van der Waals surface area contributed by atoms with Crippen LogP contribution in [0.25, 0.3) is 0 Å². The normalized spacial score (nSPS) is 11.6. The van der Waals surface area contributed by atoms with Crippen LogP contribution in [0.5, 0.6) is 0 Å². The third-order valence-electron chi connectivity index (χ3n) is 2.64. The summed E-state index contributed by atoms with van der Waals surface area (Å²) in [5.74, 6) is -0.0621. The Morgan fingerprint density at radius 3 is 2.32 bits per heavy atom. The van der Waals surface area contributed by atoms with Crippen molar-refractivity contribution in [2.75, 3.05) is 7.05 Å². The molecule has 0 bridgehead atoms. The molecule has 1 rings (SSSR count). The van der Waals surface area contributed by atoms with Gasteiger partial charge in [-0.2, -0.15) is 0 Å². The number of rotatable bonds is 5. The van der Waals surface area contributed by atoms with Gasteiger partial charge >= 0.3 is 0 Å². The van der Waals surface area contributed by atoms with Crippen molar-refractivity contribution < 1.29 is 4.79 Å². The highest BCUT2D eigenvalue weighted by molar-refractivity contribution is 6.34. The third kappa shape index (κ3) is 6.00. The Bertz CT molecular complexity index is 406. The van der Waals surface area contributed by atoms with Crippen LogP contribution in [0.3, 0.4) is 0 Å². The van der Waals surface area contributed by atoms with E-state index in [4.69, 9.17) is 28.9 Å². The highest BCUT2D eigenvalue weighted by Gasteiger charge is 2.17. The van der Waals surface area contributed by atoms with Gasteiger partial charge in [0, 0.05) is 23.6 Å². The average Bonchev–Trinajstić information content (AvgIpc) is 2.26. The van der Waals surface area contributed by atoms with Gasteiger partial charge in [0.15, 0.2) is 0 Å². The van der Waals surface area contributed by atoms with Crippen LogP contribution >= 0.6 is 35.6 Å². The number of carbonyl (C=O) groups excluding carboxylic acids is 1. The SMILES string of the molecule is CCCC(N)C(=O)N(C)Cc1cc(Cl)cc(Cl)c1.Cl. The van der Waals surface area contributed by atoms with Crippen molar-refractivity contribution in [1.82, 2.24) is 4.90 Å². The molecule has 0 heterocycles. The van der Waals surface area contributed by atoms with E-state index in [9.17, 15) is 4.79 Å². The molecule has 0 saturated carbocycles. The van der Waals surface area contributed by atoms with Gasteiger partial charge in [0.05, 0.1) is 6.04 Å². The van der Waals surface area contributed by atoms with E-state index in [1.807, 2.05) is 6.92 Å². The van der Waals surface area contributed by atoms with E-state index < -0.39 is 6.04 Å². The van der Waals surface area contributed by atoms with Crippen molar-refractivity contribution in [3.8, 4) is 0 Å². The van der Waals surface area contributed by atoms with Gasteiger partial charge in [-0.05, 0) is 30.2 Å². The number of likely N-dealkylation sites (N-methyl/N-ethyl adjacent to an activating group) is 1. The second-order valence-corrected chi connectivity index (χ2v) is 5.24. The molecule has 19 heavy (non-hydrogen) atoms. The number of nitrogens with two attached hydrogens (primary N) is 1. The molecule has 108 valence electrons. The van der Waals surface area contributed by atoms with Gasteiger partial charge in [-0.1, -0.05) is 36.5 Å². The van der Waals surface area contributed by atoms with Crippen molar-refractivity contribution in [3.63, 3.8) is 0 Å². The first kappa shape index (κ1) is 18.5. The first-order valence-corrected chi connectivity index (χ1v) is 6.65. The first-order valence-electron chi connectivity index (χ1n) is 5.89. The van der Waals surface area contributed by atoms with Gasteiger partial charge in [-0.25, -0.2) is 0 Å². The van der Waals surface area contributed by atoms with E-state index in [0.717, 1.165) is 12.0 Å². The molecule has 6 heteroatoms. The maximum Gasteiger partial charge on any atom is 0.239 e. The minimum absolute atomic E-state index is 0. The summed E-state index contributed by atoms with van der Waals surface area (Å²) < 4.78 is 0. The fourth-order valence-electron chi connectivity index (χ4n) is 1.77. The molecular weight excluding hydrogens is 307 g/mol. The number of benzene rings is 1. The molecule has 0 spiro atoms. The van der Waals surface area contributed by atoms with Crippen LogP contribution < -0.4 is 5.73 Å². The topological polar surface area (TPSA) is 46.3 Å². The van der Waals surface area contributed by atoms with Crippen molar-refractivity contribution in [1.29, 1.82) is 0 Å². The number of nitrogens with zero attached hydrogens (tertiary/aromatic N) is 1. The molecule has 1 amide bonds. The summed E-state index contributed by atoms with van der Waals surface area (Å²) in [6.45, 7) is 2.46. The van der Waals surface area contributed by atoms with Gasteiger partial charge in [-0.3, -0.25) is 4.79 Å². The average molecular weight is 326 g/mol. The number of hydrogen-bond donors (Lipinski definition) is 1. The predicted octanol–water partition coefficient (Wildman–Crippen LogP) is 3.50. The molecule has 2 N–H and O–H groups in total. The first-order chi connectivity index (χ1) is 8.43. The summed E-state index contributed by atoms with van der Waals surface area (Å²) >= 11 is 11.8. The molecule has 0 aliphatic rings. The van der Waals surface area contributed by atoms with E-state index in [1.54, 1.807) is 30.1 Å². The second-order valence-electron chi connectivity index (χ2n) is 4.37. The molecule has 3 nitrogen and oxygen atoms in total. The molecule has 0 fully saturated rings. The van der Waals surface area contributed by atoms with Crippen LogP contribution in [0, 0.1) is 0 Å². The maximum absolute atomic E-state index is 11.9. The number of hydrogen-bond acceptors (Lipinski definition) is 2. The standard InChI is InChI=1S/C13H18Cl2N2O.ClH/c1-3-4-12(16)13(18)17(2)8-9-5-10(14)7-11(15)6-9;/h5-7,12H,3-4,8,16H2,1-2H3;1H. The van der Waals surface area contributed by atoms with Gasteiger partial charge < -0.3 is 10.6 Å². The lowest BCUT2D eigenvalue weighted by atomic mass is 10.1. The lowest BCUT2D eigenvalue weighted by Gasteiger charge is -2.21. The lowest BCUT2D eigenvalue weighted by Crippen LogP contribution is -2.41. The van der Waals surface area contributed by atoms with Crippen molar-refractivity contribution in [2.24, 2.45) is 5.73 Å². The molecule has 0 radical (unpaired) electrons. The van der Waals surface area contributed by atoms with Gasteiger partial charge in [-0.15, -0.1) is 12.4 Å². The molecule has 0 aromatic heterocycles. The van der Waals surface area contributed by atoms with Crippen LogP contribution in [0.2, 0.25) is 10.0 Å². The van der Waals surface area contributed by atoms with Crippen LogP contribution in [-0.2, 0) is 11.3 Å². The van der Waals surface area contributed by atoms with Crippen LogP contribution in [-0.4, -0.2) is 23.9 Å². The van der Waals surface area contributed by atoms with E-state index in [1.165, 1.54) is 0 Å². The summed E-state index contributed by atoms with van der Waals surface area (Å²) in [5.41, 5.74) is 6.69. The Kier molecular flexibility index (Phi) is 8.42. The highest BCUT2D eigenvalue weighted by atomic mass is 35.5. The second kappa shape index (κ2) is 8.64. The van der Waals surface area contributed by atoms with Gasteiger partial charge in [0.25, 0.3) is 0 Å². The van der Waals surface area contributed by atoms with Crippen LogP contribution in [0.1, 0.15) is 25.3 Å². The zero-order valence-electron chi connectivity index (χ0n) is 11.0. The molecular formula is C13H19Cl3N2O. The fraction of sp³-hybridized carbons (Fsp3) is 0.462. The summed E-state index contributed by atoms with van der Waals surface area (Å²) in [7, 11) is 1.73. The Labute approximate surface area is 130 Å². The molecule has 1 aromatic rings. The quantitative estimate of drug-likeness (QED) is 0.900. The minimum Gasteiger partial charge on any atom is -0.340 e. The number of carbonyl (C=O) groups is 1. The van der Waals surface area contributed by atoms with E-state index in [-0.39, 0.29) is 18.3 Å². The predicted molar refractivity (Wildman–Crippen MR) is 83.1 cm³/mol. The summed E-state index contributed by atoms with van der Waals surface area (Å²) in [5, 5.41) is 1.13. The Balaban J connectivity index is 0.00000324. The minimum atomic E-state index is -0.436. The summed E-state index contributed by atoms with van der Waals surface area (Å²) in [6.07, 6.45) is 1.59. The van der Waals surface area contributed by atoms with Crippen LogP contribution in [0.15, 0.2) is 18.2 Å². The lowest BCUT2D eigenvalue weighted by molar-refractivity contribution is -0.131. The van der Waals surface area contributed by atoms with Crippen molar-refractivity contribution >= 4 is 41.5 Å². The van der Waals surface area contributed by atoms with Gasteiger partial charge in [0.1, 0.15) is 0 Å². The Morgan fingerprint density at radius 1 is 1.32 bits per heavy atom. The molecule has 1 unspecified atom stereocenters. The molecule has 0 aliphatic heterocycles. The summed E-state index contributed by atoms with van der Waals surface area (Å²) in [4.78, 5) is 13.5. The van der Waals surface area contributed by atoms with E-state index in [0.29, 0.717) is 23.0 Å². The van der Waals surface area contributed by atoms with Crippen LogP contribution in [0.4, 0.5) is 0 Å². The van der Waals surface area contributed by atoms with E-state index in [2.05, 4.69) is 0 Å².